The summed E-state index contributed by atoms with van der Waals surface area (Å²) in [6.45, 7) is 2.29. The molecule has 0 aromatic heterocycles. The quantitative estimate of drug-likeness (QED) is 0.304. The van der Waals surface area contributed by atoms with Crippen LogP contribution in [0.5, 0.6) is 0 Å². The lowest BCUT2D eigenvalue weighted by atomic mass is 9.67. The fourth-order valence-corrected chi connectivity index (χ4v) is 4.70. The first kappa shape index (κ1) is 21.7. The predicted octanol–water partition coefficient (Wildman–Crippen LogP) is 8.35. The van der Waals surface area contributed by atoms with E-state index in [-0.39, 0.29) is 5.41 Å². The van der Waals surface area contributed by atoms with E-state index in [1.165, 1.54) is 81.8 Å². The molecule has 0 bridgehead atoms. The molecular weight excluding hydrogens is 326 g/mol. The second kappa shape index (κ2) is 12.8. The van der Waals surface area contributed by atoms with Gasteiger partial charge < -0.3 is 0 Å². The molecule has 0 saturated carbocycles. The molecule has 1 atom stereocenters. The van der Waals surface area contributed by atoms with Gasteiger partial charge in [-0.15, -0.1) is 0 Å². The van der Waals surface area contributed by atoms with E-state index in [4.69, 9.17) is 5.26 Å². The van der Waals surface area contributed by atoms with Crippen molar-refractivity contribution in [2.75, 3.05) is 0 Å². The highest BCUT2D eigenvalue weighted by atomic mass is 14.4. The van der Waals surface area contributed by atoms with Crippen LogP contribution in [-0.2, 0) is 5.41 Å². The minimum Gasteiger partial charge on any atom is -0.198 e. The summed E-state index contributed by atoms with van der Waals surface area (Å²) in [5, 5.41) is 8.98. The summed E-state index contributed by atoms with van der Waals surface area (Å²) < 4.78 is 0. The van der Waals surface area contributed by atoms with Crippen LogP contribution in [0, 0.1) is 11.3 Å². The van der Waals surface area contributed by atoms with E-state index in [9.17, 15) is 0 Å². The van der Waals surface area contributed by atoms with Crippen LogP contribution in [0.2, 0.25) is 0 Å². The Hall–Kier alpha value is -1.55. The Bertz CT molecular complexity index is 594. The van der Waals surface area contributed by atoms with Gasteiger partial charge in [-0.2, -0.15) is 5.26 Å². The minimum absolute atomic E-state index is 0.266. The highest BCUT2D eigenvalue weighted by molar-refractivity contribution is 5.59. The summed E-state index contributed by atoms with van der Waals surface area (Å²) in [6, 6.07) is 11.3. The second-order valence-electron chi connectivity index (χ2n) is 8.42. The molecule has 0 spiro atoms. The van der Waals surface area contributed by atoms with E-state index in [1.54, 1.807) is 0 Å². The topological polar surface area (TPSA) is 23.8 Å². The molecular formula is C26H39N. The van der Waals surface area contributed by atoms with Gasteiger partial charge in [0.05, 0.1) is 6.07 Å². The van der Waals surface area contributed by atoms with Gasteiger partial charge in [0.25, 0.3) is 0 Å². The number of allylic oxidation sites excluding steroid dienone is 1. The Labute approximate surface area is 167 Å². The van der Waals surface area contributed by atoms with E-state index < -0.39 is 0 Å². The molecule has 0 fully saturated rings. The molecule has 1 nitrogen and oxygen atoms in total. The molecule has 1 aromatic rings. The molecule has 0 heterocycles. The molecule has 1 aliphatic rings. The number of nitrogens with zero attached hydrogens (tertiary/aromatic N) is 1. The molecule has 1 aromatic carbocycles. The van der Waals surface area contributed by atoms with Gasteiger partial charge in [0.15, 0.2) is 0 Å². The third kappa shape index (κ3) is 7.17. The van der Waals surface area contributed by atoms with Crippen molar-refractivity contribution in [2.24, 2.45) is 0 Å². The summed E-state index contributed by atoms with van der Waals surface area (Å²) in [5.74, 6) is 0. The van der Waals surface area contributed by atoms with E-state index in [2.05, 4.69) is 49.4 Å². The molecule has 1 heteroatoms. The first-order chi connectivity index (χ1) is 13.3. The summed E-state index contributed by atoms with van der Waals surface area (Å²) in [5.41, 5.74) is 3.19. The standard InChI is InChI=1S/C26H39N/c1-2-3-4-5-6-7-8-9-10-13-20-26(21-14-15-23-27)22-16-18-24-17-11-12-19-25(24)26/h11-12,16-19H,2-10,13-15,20-22H2,1H3. The molecule has 2 rings (SSSR count). The van der Waals surface area contributed by atoms with Crippen LogP contribution in [0.25, 0.3) is 6.08 Å². The average Bonchev–Trinajstić information content (AvgIpc) is 2.70. The molecule has 1 unspecified atom stereocenters. The largest absolute Gasteiger partial charge is 0.198 e. The Morgan fingerprint density at radius 3 is 2.19 bits per heavy atom. The van der Waals surface area contributed by atoms with Gasteiger partial charge in [-0.25, -0.2) is 0 Å². The molecule has 0 amide bonds. The fourth-order valence-electron chi connectivity index (χ4n) is 4.70. The van der Waals surface area contributed by atoms with Crippen LogP contribution in [0.1, 0.15) is 114 Å². The summed E-state index contributed by atoms with van der Waals surface area (Å²) in [6.07, 6.45) is 23.9. The van der Waals surface area contributed by atoms with E-state index in [1.807, 2.05) is 0 Å². The third-order valence-corrected chi connectivity index (χ3v) is 6.29. The maximum absolute atomic E-state index is 8.98. The molecule has 0 N–H and O–H groups in total. The van der Waals surface area contributed by atoms with Crippen LogP contribution >= 0.6 is 0 Å². The van der Waals surface area contributed by atoms with Crippen molar-refractivity contribution in [3.8, 4) is 6.07 Å². The Kier molecular flexibility index (Phi) is 10.3. The van der Waals surface area contributed by atoms with Gasteiger partial charge in [0.2, 0.25) is 0 Å². The molecule has 0 saturated heterocycles. The number of hydrogen-bond acceptors (Lipinski definition) is 1. The number of hydrogen-bond donors (Lipinski definition) is 0. The second-order valence-corrected chi connectivity index (χ2v) is 8.42. The lowest BCUT2D eigenvalue weighted by Crippen LogP contribution is -2.28. The van der Waals surface area contributed by atoms with Crippen molar-refractivity contribution in [1.29, 1.82) is 5.26 Å². The number of rotatable bonds is 14. The van der Waals surface area contributed by atoms with Crippen molar-refractivity contribution >= 4 is 6.08 Å². The number of fused-ring (bicyclic) bond motifs is 1. The van der Waals surface area contributed by atoms with Crippen molar-refractivity contribution < 1.29 is 0 Å². The van der Waals surface area contributed by atoms with Crippen LogP contribution in [0.15, 0.2) is 30.3 Å². The van der Waals surface area contributed by atoms with Crippen LogP contribution < -0.4 is 0 Å². The van der Waals surface area contributed by atoms with E-state index >= 15 is 0 Å². The monoisotopic (exact) mass is 365 g/mol. The Morgan fingerprint density at radius 1 is 0.852 bits per heavy atom. The third-order valence-electron chi connectivity index (χ3n) is 6.29. The van der Waals surface area contributed by atoms with Crippen molar-refractivity contribution in [3.05, 3.63) is 41.5 Å². The van der Waals surface area contributed by atoms with E-state index in [0.717, 1.165) is 19.3 Å². The number of benzene rings is 1. The smallest absolute Gasteiger partial charge is 0.0621 e. The van der Waals surface area contributed by atoms with Gasteiger partial charge in [-0.1, -0.05) is 108 Å². The zero-order valence-corrected chi connectivity index (χ0v) is 17.5. The fraction of sp³-hybridized carbons (Fsp3) is 0.654. The van der Waals surface area contributed by atoms with Crippen LogP contribution in [0.3, 0.4) is 0 Å². The highest BCUT2D eigenvalue weighted by Crippen LogP contribution is 2.43. The molecule has 148 valence electrons. The first-order valence-corrected chi connectivity index (χ1v) is 11.5. The van der Waals surface area contributed by atoms with Crippen molar-refractivity contribution in [2.45, 2.75) is 109 Å². The zero-order chi connectivity index (χ0) is 19.2. The normalized spacial score (nSPS) is 18.2. The zero-order valence-electron chi connectivity index (χ0n) is 17.5. The molecule has 1 aliphatic carbocycles. The maximum atomic E-state index is 8.98. The molecule has 0 aliphatic heterocycles. The van der Waals surface area contributed by atoms with E-state index in [0.29, 0.717) is 6.42 Å². The van der Waals surface area contributed by atoms with Crippen LogP contribution in [-0.4, -0.2) is 0 Å². The lowest BCUT2D eigenvalue weighted by molar-refractivity contribution is 0.339. The van der Waals surface area contributed by atoms with Crippen molar-refractivity contribution in [3.63, 3.8) is 0 Å². The maximum Gasteiger partial charge on any atom is 0.0621 e. The number of unbranched alkanes of at least 4 members (excludes halogenated alkanes) is 10. The first-order valence-electron chi connectivity index (χ1n) is 11.5. The lowest BCUT2D eigenvalue weighted by Gasteiger charge is -2.37. The molecule has 0 radical (unpaired) electrons. The summed E-state index contributed by atoms with van der Waals surface area (Å²) >= 11 is 0. The molecule has 27 heavy (non-hydrogen) atoms. The van der Waals surface area contributed by atoms with Gasteiger partial charge in [-0.05, 0) is 42.2 Å². The summed E-state index contributed by atoms with van der Waals surface area (Å²) in [7, 11) is 0. The Balaban J connectivity index is 1.78. The van der Waals surface area contributed by atoms with Gasteiger partial charge in [0, 0.05) is 6.42 Å². The summed E-state index contributed by atoms with van der Waals surface area (Å²) in [4.78, 5) is 0. The highest BCUT2D eigenvalue weighted by Gasteiger charge is 2.33. The Morgan fingerprint density at radius 2 is 1.48 bits per heavy atom. The van der Waals surface area contributed by atoms with Gasteiger partial charge >= 0.3 is 0 Å². The average molecular weight is 366 g/mol. The van der Waals surface area contributed by atoms with Gasteiger partial charge in [0.1, 0.15) is 0 Å². The van der Waals surface area contributed by atoms with Crippen molar-refractivity contribution in [1.82, 2.24) is 0 Å². The predicted molar refractivity (Wildman–Crippen MR) is 118 cm³/mol. The minimum atomic E-state index is 0.266. The van der Waals surface area contributed by atoms with Crippen LogP contribution in [0.4, 0.5) is 0 Å². The SMILES string of the molecule is CCCCCCCCCCCCC1(CCCC#N)CC=Cc2ccccc21. The number of nitriles is 1. The van der Waals surface area contributed by atoms with Gasteiger partial charge in [-0.3, -0.25) is 0 Å².